The number of unbranched alkanes of at least 4 members (excludes halogenated alkanes) is 1. The number of hydrogen-bond acceptors (Lipinski definition) is 10. The van der Waals surface area contributed by atoms with Crippen LogP contribution in [0.1, 0.15) is 32.1 Å². The molecule has 2 rings (SSSR count). The molecule has 32 heavy (non-hydrogen) atoms. The van der Waals surface area contributed by atoms with E-state index in [4.69, 9.17) is 9.47 Å². The maximum Gasteiger partial charge on any atom is 0.471 e. The molecule has 12 nitrogen and oxygen atoms in total. The summed E-state index contributed by atoms with van der Waals surface area (Å²) in [5.74, 6) is -4.50. The largest absolute Gasteiger partial charge is 0.471 e. The van der Waals surface area contributed by atoms with E-state index in [1.807, 2.05) is 0 Å². The molecule has 5 atom stereocenters. The molecule has 2 aliphatic heterocycles. The third-order valence-corrected chi connectivity index (χ3v) is 4.69. The number of carbonyl (C=O) groups is 4. The van der Waals surface area contributed by atoms with E-state index in [1.165, 1.54) is 5.32 Å². The molecule has 0 radical (unpaired) electrons. The number of nitrogens with zero attached hydrogens (tertiary/aromatic N) is 1. The Labute approximate surface area is 179 Å². The van der Waals surface area contributed by atoms with E-state index in [0.717, 1.165) is 0 Å². The smallest absolute Gasteiger partial charge is 0.394 e. The fourth-order valence-electron chi connectivity index (χ4n) is 2.99. The minimum atomic E-state index is -5.26. The quantitative estimate of drug-likeness (QED) is 0.223. The molecule has 0 aromatic heterocycles. The van der Waals surface area contributed by atoms with E-state index in [-0.39, 0.29) is 38.7 Å². The number of rotatable bonds is 9. The molecule has 2 heterocycles. The molecule has 0 aromatic carbocycles. The van der Waals surface area contributed by atoms with Crippen molar-refractivity contribution in [1.29, 1.82) is 0 Å². The van der Waals surface area contributed by atoms with Crippen LogP contribution in [0.3, 0.4) is 0 Å². The predicted molar refractivity (Wildman–Crippen MR) is 92.7 cm³/mol. The zero-order valence-electron chi connectivity index (χ0n) is 16.6. The van der Waals surface area contributed by atoms with Gasteiger partial charge in [-0.25, -0.2) is 4.79 Å². The van der Waals surface area contributed by atoms with Gasteiger partial charge in [0.1, 0.15) is 24.4 Å². The van der Waals surface area contributed by atoms with Crippen LogP contribution in [0.15, 0.2) is 0 Å². The number of hydroxylamine groups is 2. The van der Waals surface area contributed by atoms with Crippen molar-refractivity contribution in [3.63, 3.8) is 0 Å². The van der Waals surface area contributed by atoms with Crippen LogP contribution in [0.25, 0.3) is 0 Å². The summed E-state index contributed by atoms with van der Waals surface area (Å²) < 4.78 is 48.1. The van der Waals surface area contributed by atoms with Gasteiger partial charge in [0, 0.05) is 25.9 Å². The first kappa shape index (κ1) is 25.9. The summed E-state index contributed by atoms with van der Waals surface area (Å²) in [5, 5.41) is 31.0. The summed E-state index contributed by atoms with van der Waals surface area (Å²) >= 11 is 0. The lowest BCUT2D eigenvalue weighted by molar-refractivity contribution is -0.272. The number of hydrogen-bond donors (Lipinski definition) is 4. The Morgan fingerprint density at radius 3 is 2.31 bits per heavy atom. The predicted octanol–water partition coefficient (Wildman–Crippen LogP) is -1.73. The molecule has 2 saturated heterocycles. The molecule has 0 bridgehead atoms. The first-order chi connectivity index (χ1) is 15.0. The second kappa shape index (κ2) is 11.0. The standard InChI is InChI=1S/C17H23F3N2O10/c18-17(19,20)16(29)21-12-14(28)13(27)8(7-23)31-15(12)30-6-2-1-3-11(26)32-22-9(24)4-5-10(22)25/h8,12-15,23,27-28H,1-7H2,(H,21,29)/t8?,12-,13-,14?,15+/m0/s1. The second-order valence-electron chi connectivity index (χ2n) is 7.08. The fourth-order valence-corrected chi connectivity index (χ4v) is 2.99. The first-order valence-electron chi connectivity index (χ1n) is 9.64. The van der Waals surface area contributed by atoms with Gasteiger partial charge in [-0.1, -0.05) is 0 Å². The number of imide groups is 1. The van der Waals surface area contributed by atoms with Crippen molar-refractivity contribution in [2.24, 2.45) is 0 Å². The van der Waals surface area contributed by atoms with Crippen molar-refractivity contribution in [1.82, 2.24) is 10.4 Å². The lowest BCUT2D eigenvalue weighted by Crippen LogP contribution is -2.65. The fraction of sp³-hybridized carbons (Fsp3) is 0.765. The molecule has 15 heteroatoms. The van der Waals surface area contributed by atoms with E-state index >= 15 is 0 Å². The Hall–Kier alpha value is -2.33. The lowest BCUT2D eigenvalue weighted by Gasteiger charge is -2.42. The highest BCUT2D eigenvalue weighted by atomic mass is 19.4. The van der Waals surface area contributed by atoms with Gasteiger partial charge in [-0.3, -0.25) is 14.4 Å². The van der Waals surface area contributed by atoms with Gasteiger partial charge >= 0.3 is 18.1 Å². The van der Waals surface area contributed by atoms with Crippen LogP contribution in [0.2, 0.25) is 0 Å². The van der Waals surface area contributed by atoms with Crippen LogP contribution in [0, 0.1) is 0 Å². The van der Waals surface area contributed by atoms with E-state index in [0.29, 0.717) is 5.06 Å². The van der Waals surface area contributed by atoms with Crippen molar-refractivity contribution >= 4 is 23.7 Å². The first-order valence-corrected chi connectivity index (χ1v) is 9.64. The molecular weight excluding hydrogens is 449 g/mol. The number of halogens is 3. The van der Waals surface area contributed by atoms with Gasteiger partial charge in [0.2, 0.25) is 0 Å². The summed E-state index contributed by atoms with van der Waals surface area (Å²) in [6.07, 6.45) is -12.0. The number of nitrogens with one attached hydrogen (secondary N) is 1. The van der Waals surface area contributed by atoms with Crippen LogP contribution < -0.4 is 5.32 Å². The minimum Gasteiger partial charge on any atom is -0.394 e. The average molecular weight is 472 g/mol. The van der Waals surface area contributed by atoms with Crippen LogP contribution in [0.4, 0.5) is 13.2 Å². The Morgan fingerprint density at radius 1 is 1.12 bits per heavy atom. The third-order valence-electron chi connectivity index (χ3n) is 4.69. The number of alkyl halides is 3. The number of carbonyl (C=O) groups excluding carboxylic acids is 4. The summed E-state index contributed by atoms with van der Waals surface area (Å²) in [4.78, 5) is 50.4. The molecule has 3 amide bonds. The maximum absolute atomic E-state index is 12.6. The van der Waals surface area contributed by atoms with Gasteiger partial charge in [0.05, 0.1) is 6.61 Å². The summed E-state index contributed by atoms with van der Waals surface area (Å²) in [6, 6.07) is -1.79. The van der Waals surface area contributed by atoms with Crippen molar-refractivity contribution < 1.29 is 62.0 Å². The van der Waals surface area contributed by atoms with E-state index in [9.17, 15) is 47.7 Å². The molecule has 182 valence electrons. The van der Waals surface area contributed by atoms with Gasteiger partial charge in [-0.05, 0) is 12.8 Å². The molecular formula is C17H23F3N2O10. The summed E-state index contributed by atoms with van der Waals surface area (Å²) in [7, 11) is 0. The molecule has 0 spiro atoms. The minimum absolute atomic E-state index is 0.0528. The lowest BCUT2D eigenvalue weighted by atomic mass is 9.97. The van der Waals surface area contributed by atoms with Gasteiger partial charge < -0.3 is 34.9 Å². The van der Waals surface area contributed by atoms with Gasteiger partial charge in [0.15, 0.2) is 6.29 Å². The highest BCUT2D eigenvalue weighted by Gasteiger charge is 2.49. The SMILES string of the molecule is O=C(CCCCO[C@@H]1OC(CO)[C@H](O)C(O)[C@@H]1NC(=O)C(F)(F)F)ON1C(=O)CCC1=O. The van der Waals surface area contributed by atoms with Crippen LogP contribution in [-0.4, -0.2) is 94.1 Å². The zero-order chi connectivity index (χ0) is 24.1. The monoisotopic (exact) mass is 472 g/mol. The maximum atomic E-state index is 12.6. The molecule has 2 unspecified atom stereocenters. The highest BCUT2D eigenvalue weighted by molar-refractivity contribution is 6.01. The molecule has 2 fully saturated rings. The van der Waals surface area contributed by atoms with E-state index in [2.05, 4.69) is 4.84 Å². The van der Waals surface area contributed by atoms with Gasteiger partial charge in [0.25, 0.3) is 11.8 Å². The van der Waals surface area contributed by atoms with E-state index < -0.39 is 67.1 Å². The number of ether oxygens (including phenoxy) is 2. The Morgan fingerprint density at radius 2 is 1.75 bits per heavy atom. The average Bonchev–Trinajstić information content (AvgIpc) is 3.03. The summed E-state index contributed by atoms with van der Waals surface area (Å²) in [5.41, 5.74) is 0. The van der Waals surface area contributed by atoms with Crippen molar-refractivity contribution in [3.05, 3.63) is 0 Å². The van der Waals surface area contributed by atoms with Crippen LogP contribution in [-0.2, 0) is 33.5 Å². The molecule has 0 aromatic rings. The van der Waals surface area contributed by atoms with Gasteiger partial charge in [-0.15, -0.1) is 5.06 Å². The zero-order valence-corrected chi connectivity index (χ0v) is 16.6. The number of aliphatic hydroxyl groups excluding tert-OH is 3. The molecule has 0 aliphatic carbocycles. The van der Waals surface area contributed by atoms with Gasteiger partial charge in [-0.2, -0.15) is 13.2 Å². The highest BCUT2D eigenvalue weighted by Crippen LogP contribution is 2.24. The Balaban J connectivity index is 1.83. The van der Waals surface area contributed by atoms with E-state index in [1.54, 1.807) is 0 Å². The topological polar surface area (TPSA) is 172 Å². The second-order valence-corrected chi connectivity index (χ2v) is 7.08. The van der Waals surface area contributed by atoms with Crippen molar-refractivity contribution in [3.8, 4) is 0 Å². The number of amides is 3. The van der Waals surface area contributed by atoms with Crippen LogP contribution >= 0.6 is 0 Å². The number of aliphatic hydroxyl groups is 3. The Bertz CT molecular complexity index is 703. The van der Waals surface area contributed by atoms with Crippen molar-refractivity contribution in [2.75, 3.05) is 13.2 Å². The third kappa shape index (κ3) is 6.59. The molecule has 4 N–H and O–H groups in total. The Kier molecular flexibility index (Phi) is 8.91. The normalized spacial score (nSPS) is 28.7. The molecule has 2 aliphatic rings. The molecule has 0 saturated carbocycles. The summed E-state index contributed by atoms with van der Waals surface area (Å²) in [6.45, 7) is -0.989. The van der Waals surface area contributed by atoms with Crippen LogP contribution in [0.5, 0.6) is 0 Å². The van der Waals surface area contributed by atoms with Crippen molar-refractivity contribution in [2.45, 2.75) is 68.9 Å².